The Morgan fingerprint density at radius 2 is 1.76 bits per heavy atom. The fraction of sp³-hybridized carbons (Fsp3) is 0.409. The minimum atomic E-state index is -0.268. The molecule has 0 saturated carbocycles. The van der Waals surface area contributed by atoms with Crippen LogP contribution in [0.25, 0.3) is 0 Å². The van der Waals surface area contributed by atoms with E-state index in [4.69, 9.17) is 4.74 Å². The third-order valence-corrected chi connectivity index (χ3v) is 4.93. The molecule has 0 atom stereocenters. The fourth-order valence-electron chi connectivity index (χ4n) is 3.20. The van der Waals surface area contributed by atoms with Gasteiger partial charge in [-0.1, -0.05) is 32.0 Å². The van der Waals surface area contributed by atoms with Crippen LogP contribution in [0.5, 0.6) is 0 Å². The molecule has 1 aromatic carbocycles. The quantitative estimate of drug-likeness (QED) is 0.778. The fourth-order valence-corrected chi connectivity index (χ4v) is 3.20. The molecule has 1 aliphatic heterocycles. The highest BCUT2D eigenvalue weighted by Crippen LogP contribution is 2.17. The first kappa shape index (κ1) is 20.8. The summed E-state index contributed by atoms with van der Waals surface area (Å²) in [4.78, 5) is 32.6. The molecule has 7 heteroatoms. The Labute approximate surface area is 171 Å². The second-order valence-corrected chi connectivity index (χ2v) is 7.37. The van der Waals surface area contributed by atoms with Crippen molar-refractivity contribution in [3.63, 3.8) is 0 Å². The van der Waals surface area contributed by atoms with Crippen molar-refractivity contribution in [1.29, 1.82) is 0 Å². The number of pyridine rings is 1. The van der Waals surface area contributed by atoms with Crippen LogP contribution in [0.1, 0.15) is 25.3 Å². The molecule has 1 N–H and O–H groups in total. The molecule has 1 aromatic heterocycles. The van der Waals surface area contributed by atoms with Crippen molar-refractivity contribution in [2.75, 3.05) is 49.6 Å². The number of rotatable bonds is 7. The number of ether oxygens (including phenoxy) is 1. The molecular formula is C22H28N4O3. The molecule has 3 rings (SSSR count). The van der Waals surface area contributed by atoms with Crippen LogP contribution in [-0.2, 0) is 14.3 Å². The zero-order valence-electron chi connectivity index (χ0n) is 17.0. The molecule has 1 fully saturated rings. The average molecular weight is 396 g/mol. The Morgan fingerprint density at radius 1 is 1.03 bits per heavy atom. The van der Waals surface area contributed by atoms with E-state index in [-0.39, 0.29) is 25.0 Å². The SMILES string of the molecule is CC(C)c1ccc(NC(=O)COCC(=O)N2CCN(c3ccccn3)CC2)cc1. The van der Waals surface area contributed by atoms with Crippen LogP contribution in [0, 0.1) is 0 Å². The maximum absolute atomic E-state index is 12.3. The van der Waals surface area contributed by atoms with Crippen molar-refractivity contribution in [3.8, 4) is 0 Å². The zero-order chi connectivity index (χ0) is 20.6. The number of piperazine rings is 1. The van der Waals surface area contributed by atoms with Crippen molar-refractivity contribution in [2.24, 2.45) is 0 Å². The monoisotopic (exact) mass is 396 g/mol. The number of carbonyl (C=O) groups excluding carboxylic acids is 2. The van der Waals surface area contributed by atoms with Crippen LogP contribution in [0.4, 0.5) is 11.5 Å². The Bertz CT molecular complexity index is 801. The molecule has 0 bridgehead atoms. The molecule has 2 amide bonds. The lowest BCUT2D eigenvalue weighted by Gasteiger charge is -2.35. The first-order valence-corrected chi connectivity index (χ1v) is 9.94. The van der Waals surface area contributed by atoms with Crippen LogP contribution in [0.2, 0.25) is 0 Å². The third kappa shape index (κ3) is 6.02. The number of amides is 2. The van der Waals surface area contributed by atoms with Gasteiger partial charge in [0, 0.05) is 38.1 Å². The predicted molar refractivity (Wildman–Crippen MR) is 113 cm³/mol. The largest absolute Gasteiger partial charge is 0.362 e. The molecule has 154 valence electrons. The predicted octanol–water partition coefficient (Wildman–Crippen LogP) is 2.51. The van der Waals surface area contributed by atoms with E-state index in [1.807, 2.05) is 42.5 Å². The Kier molecular flexibility index (Phi) is 7.19. The van der Waals surface area contributed by atoms with Gasteiger partial charge in [0.15, 0.2) is 0 Å². The molecular weight excluding hydrogens is 368 g/mol. The molecule has 1 saturated heterocycles. The van der Waals surface area contributed by atoms with Gasteiger partial charge in [0.1, 0.15) is 19.0 Å². The maximum atomic E-state index is 12.3. The van der Waals surface area contributed by atoms with Gasteiger partial charge in [0.05, 0.1) is 0 Å². The summed E-state index contributed by atoms with van der Waals surface area (Å²) in [6, 6.07) is 13.5. The lowest BCUT2D eigenvalue weighted by molar-refractivity contribution is -0.137. The van der Waals surface area contributed by atoms with E-state index >= 15 is 0 Å². The number of benzene rings is 1. The first-order valence-electron chi connectivity index (χ1n) is 9.94. The number of nitrogens with one attached hydrogen (secondary N) is 1. The highest BCUT2D eigenvalue weighted by atomic mass is 16.5. The van der Waals surface area contributed by atoms with Crippen molar-refractivity contribution >= 4 is 23.3 Å². The molecule has 0 spiro atoms. The number of aromatic nitrogens is 1. The number of carbonyl (C=O) groups is 2. The van der Waals surface area contributed by atoms with Gasteiger partial charge >= 0.3 is 0 Å². The molecule has 29 heavy (non-hydrogen) atoms. The molecule has 2 heterocycles. The highest BCUT2D eigenvalue weighted by molar-refractivity contribution is 5.91. The van der Waals surface area contributed by atoms with Gasteiger partial charge < -0.3 is 19.9 Å². The van der Waals surface area contributed by atoms with Crippen molar-refractivity contribution in [3.05, 3.63) is 54.2 Å². The average Bonchev–Trinajstić information content (AvgIpc) is 2.75. The van der Waals surface area contributed by atoms with E-state index in [9.17, 15) is 9.59 Å². The van der Waals surface area contributed by atoms with E-state index in [2.05, 4.69) is 29.0 Å². The van der Waals surface area contributed by atoms with Gasteiger partial charge in [-0.25, -0.2) is 4.98 Å². The van der Waals surface area contributed by atoms with Crippen LogP contribution < -0.4 is 10.2 Å². The summed E-state index contributed by atoms with van der Waals surface area (Å²) in [5.41, 5.74) is 1.94. The molecule has 7 nitrogen and oxygen atoms in total. The molecule has 2 aromatic rings. The van der Waals surface area contributed by atoms with Gasteiger partial charge in [-0.15, -0.1) is 0 Å². The van der Waals surface area contributed by atoms with Crippen LogP contribution in [-0.4, -0.2) is 61.1 Å². The Morgan fingerprint density at radius 3 is 2.38 bits per heavy atom. The molecule has 0 aliphatic carbocycles. The summed E-state index contributed by atoms with van der Waals surface area (Å²) in [5.74, 6) is 1.00. The van der Waals surface area contributed by atoms with Gasteiger partial charge in [0.25, 0.3) is 0 Å². The van der Waals surface area contributed by atoms with E-state index in [0.717, 1.165) is 24.6 Å². The highest BCUT2D eigenvalue weighted by Gasteiger charge is 2.21. The third-order valence-electron chi connectivity index (χ3n) is 4.93. The standard InChI is InChI=1S/C22H28N4O3/c1-17(2)18-6-8-19(9-7-18)24-21(27)15-29-16-22(28)26-13-11-25(12-14-26)20-5-3-4-10-23-20/h3-10,17H,11-16H2,1-2H3,(H,24,27). The lowest BCUT2D eigenvalue weighted by atomic mass is 10.0. The van der Waals surface area contributed by atoms with Crippen molar-refractivity contribution in [1.82, 2.24) is 9.88 Å². The summed E-state index contributed by atoms with van der Waals surface area (Å²) in [6.07, 6.45) is 1.77. The van der Waals surface area contributed by atoms with E-state index < -0.39 is 0 Å². The van der Waals surface area contributed by atoms with Gasteiger partial charge in [-0.2, -0.15) is 0 Å². The van der Waals surface area contributed by atoms with E-state index in [1.54, 1.807) is 11.1 Å². The second-order valence-electron chi connectivity index (χ2n) is 7.37. The van der Waals surface area contributed by atoms with Crippen LogP contribution >= 0.6 is 0 Å². The van der Waals surface area contributed by atoms with Gasteiger partial charge in [-0.3, -0.25) is 9.59 Å². The zero-order valence-corrected chi connectivity index (χ0v) is 17.0. The molecule has 0 radical (unpaired) electrons. The summed E-state index contributed by atoms with van der Waals surface area (Å²) < 4.78 is 5.33. The van der Waals surface area contributed by atoms with Crippen LogP contribution in [0.3, 0.4) is 0 Å². The Hall–Kier alpha value is -2.93. The number of hydrogen-bond donors (Lipinski definition) is 1. The normalized spacial score (nSPS) is 14.2. The summed E-state index contributed by atoms with van der Waals surface area (Å²) in [5, 5.41) is 2.78. The topological polar surface area (TPSA) is 74.8 Å². The van der Waals surface area contributed by atoms with Crippen LogP contribution in [0.15, 0.2) is 48.7 Å². The minimum Gasteiger partial charge on any atom is -0.362 e. The summed E-state index contributed by atoms with van der Waals surface area (Å²) in [7, 11) is 0. The Balaban J connectivity index is 1.36. The number of hydrogen-bond acceptors (Lipinski definition) is 5. The molecule has 1 aliphatic rings. The minimum absolute atomic E-state index is 0.0940. The summed E-state index contributed by atoms with van der Waals surface area (Å²) in [6.45, 7) is 6.70. The van der Waals surface area contributed by atoms with E-state index in [1.165, 1.54) is 5.56 Å². The van der Waals surface area contributed by atoms with Crippen molar-refractivity contribution in [2.45, 2.75) is 19.8 Å². The van der Waals surface area contributed by atoms with Crippen molar-refractivity contribution < 1.29 is 14.3 Å². The smallest absolute Gasteiger partial charge is 0.250 e. The maximum Gasteiger partial charge on any atom is 0.250 e. The summed E-state index contributed by atoms with van der Waals surface area (Å²) >= 11 is 0. The van der Waals surface area contributed by atoms with Gasteiger partial charge in [0.2, 0.25) is 11.8 Å². The second kappa shape index (κ2) is 10.0. The molecule has 0 unspecified atom stereocenters. The first-order chi connectivity index (χ1) is 14.0. The van der Waals surface area contributed by atoms with Gasteiger partial charge in [-0.05, 0) is 35.7 Å². The number of nitrogens with zero attached hydrogens (tertiary/aromatic N) is 3. The lowest BCUT2D eigenvalue weighted by Crippen LogP contribution is -2.50. The van der Waals surface area contributed by atoms with E-state index in [0.29, 0.717) is 19.0 Å². The number of anilines is 2.